The van der Waals surface area contributed by atoms with Gasteiger partial charge in [-0.2, -0.15) is 5.10 Å². The molecule has 1 atom stereocenters. The third-order valence-corrected chi connectivity index (χ3v) is 3.91. The third kappa shape index (κ3) is 1.83. The van der Waals surface area contributed by atoms with Crippen LogP contribution in [-0.2, 0) is 0 Å². The average Bonchev–Trinajstić information content (AvgIpc) is 2.88. The van der Waals surface area contributed by atoms with Crippen molar-refractivity contribution in [3.05, 3.63) is 59.8 Å². The second kappa shape index (κ2) is 4.53. The lowest BCUT2D eigenvalue weighted by Gasteiger charge is -2.29. The molecule has 1 aliphatic heterocycles. The second-order valence-electron chi connectivity index (χ2n) is 5.45. The van der Waals surface area contributed by atoms with Crippen molar-refractivity contribution in [2.75, 3.05) is 5.32 Å². The van der Waals surface area contributed by atoms with E-state index in [2.05, 4.69) is 10.4 Å². The zero-order valence-corrected chi connectivity index (χ0v) is 12.0. The predicted molar refractivity (Wildman–Crippen MR) is 83.9 cm³/mol. The molecule has 0 aliphatic carbocycles. The minimum atomic E-state index is -0.320. The molecule has 0 bridgehead atoms. The van der Waals surface area contributed by atoms with Gasteiger partial charge in [0.25, 0.3) is 0 Å². The van der Waals surface area contributed by atoms with Gasteiger partial charge in [-0.25, -0.2) is 4.68 Å². The van der Waals surface area contributed by atoms with Crippen molar-refractivity contribution in [3.63, 3.8) is 0 Å². The van der Waals surface area contributed by atoms with Crippen LogP contribution < -0.4 is 5.32 Å². The summed E-state index contributed by atoms with van der Waals surface area (Å²) in [5.41, 5.74) is 4.66. The highest BCUT2D eigenvalue weighted by Gasteiger charge is 2.27. The van der Waals surface area contributed by atoms with Crippen molar-refractivity contribution in [2.45, 2.75) is 13.1 Å². The number of aromatic nitrogens is 2. The summed E-state index contributed by atoms with van der Waals surface area (Å²) in [7, 11) is 0. The summed E-state index contributed by atoms with van der Waals surface area (Å²) in [6, 6.07) is 14.7. The highest BCUT2D eigenvalue weighted by atomic mass is 16.3. The van der Waals surface area contributed by atoms with Gasteiger partial charge in [-0.3, -0.25) is 0 Å². The lowest BCUT2D eigenvalue weighted by molar-refractivity contribution is 0.436. The van der Waals surface area contributed by atoms with Crippen LogP contribution in [0.5, 0.6) is 11.5 Å². The fourth-order valence-electron chi connectivity index (χ4n) is 2.93. The van der Waals surface area contributed by atoms with E-state index in [0.29, 0.717) is 5.56 Å². The number of fused-ring (bicyclic) bond motifs is 3. The fourth-order valence-corrected chi connectivity index (χ4v) is 2.93. The molecule has 4 rings (SSSR count). The van der Waals surface area contributed by atoms with E-state index in [4.69, 9.17) is 0 Å². The van der Waals surface area contributed by atoms with Gasteiger partial charge in [0.2, 0.25) is 0 Å². The molecule has 0 saturated heterocycles. The first-order chi connectivity index (χ1) is 10.6. The maximum atomic E-state index is 10.2. The Hall–Kier alpha value is -2.95. The van der Waals surface area contributed by atoms with E-state index in [9.17, 15) is 10.2 Å². The Balaban J connectivity index is 1.92. The molecule has 2 heterocycles. The van der Waals surface area contributed by atoms with Gasteiger partial charge in [0.15, 0.2) is 6.17 Å². The largest absolute Gasteiger partial charge is 0.508 e. The molecule has 0 fully saturated rings. The van der Waals surface area contributed by atoms with E-state index >= 15 is 0 Å². The standard InChI is InChI=1S/C17H15N3O2/c1-10-8-15-12-4-2-3-5-14(12)18-17(20(15)19-10)13-7-6-11(21)9-16(13)22/h2-9,17-18,21-22H,1H3/t17-/m0/s1. The molecule has 2 aromatic carbocycles. The molecule has 5 nitrogen and oxygen atoms in total. The topological polar surface area (TPSA) is 70.3 Å². The molecule has 0 amide bonds. The number of phenolic OH excluding ortho intramolecular Hbond substituents is 2. The summed E-state index contributed by atoms with van der Waals surface area (Å²) < 4.78 is 1.86. The van der Waals surface area contributed by atoms with Gasteiger partial charge in [-0.1, -0.05) is 18.2 Å². The van der Waals surface area contributed by atoms with Gasteiger partial charge in [0.1, 0.15) is 11.5 Å². The van der Waals surface area contributed by atoms with Crippen LogP contribution in [0.3, 0.4) is 0 Å². The Bertz CT molecular complexity index is 870. The lowest BCUT2D eigenvalue weighted by Crippen LogP contribution is -2.25. The van der Waals surface area contributed by atoms with E-state index in [0.717, 1.165) is 22.6 Å². The predicted octanol–water partition coefficient (Wildman–Crippen LogP) is 3.24. The molecule has 1 aliphatic rings. The molecule has 1 aromatic heterocycles. The summed E-state index contributed by atoms with van der Waals surface area (Å²) in [6.07, 6.45) is -0.320. The minimum Gasteiger partial charge on any atom is -0.508 e. The summed E-state index contributed by atoms with van der Waals surface area (Å²) in [5, 5.41) is 27.6. The summed E-state index contributed by atoms with van der Waals surface area (Å²) >= 11 is 0. The molecule has 3 aromatic rings. The van der Waals surface area contributed by atoms with Crippen LogP contribution in [0.1, 0.15) is 17.4 Å². The van der Waals surface area contributed by atoms with Crippen LogP contribution in [0.4, 0.5) is 5.69 Å². The number of hydrogen-bond acceptors (Lipinski definition) is 4. The van der Waals surface area contributed by atoms with Crippen LogP contribution in [-0.4, -0.2) is 20.0 Å². The maximum absolute atomic E-state index is 10.2. The molecule has 22 heavy (non-hydrogen) atoms. The van der Waals surface area contributed by atoms with Gasteiger partial charge in [0.05, 0.1) is 11.4 Å². The molecular weight excluding hydrogens is 278 g/mol. The Kier molecular flexibility index (Phi) is 2.63. The van der Waals surface area contributed by atoms with Crippen LogP contribution in [0.25, 0.3) is 11.3 Å². The quantitative estimate of drug-likeness (QED) is 0.644. The number of hydrogen-bond donors (Lipinski definition) is 3. The first-order valence-corrected chi connectivity index (χ1v) is 7.07. The molecule has 0 saturated carbocycles. The van der Waals surface area contributed by atoms with Crippen molar-refractivity contribution in [3.8, 4) is 22.8 Å². The van der Waals surface area contributed by atoms with E-state index in [1.54, 1.807) is 12.1 Å². The van der Waals surface area contributed by atoms with E-state index < -0.39 is 0 Å². The SMILES string of the molecule is Cc1cc2n(n1)[C@@H](c1ccc(O)cc1O)Nc1ccccc1-2. The molecular formula is C17H15N3O2. The van der Waals surface area contributed by atoms with Crippen LogP contribution in [0, 0.1) is 6.92 Å². The molecule has 0 unspecified atom stereocenters. The highest BCUT2D eigenvalue weighted by molar-refractivity contribution is 5.78. The molecule has 0 radical (unpaired) electrons. The Morgan fingerprint density at radius 2 is 1.91 bits per heavy atom. The smallest absolute Gasteiger partial charge is 0.150 e. The lowest BCUT2D eigenvalue weighted by atomic mass is 10.0. The van der Waals surface area contributed by atoms with Crippen molar-refractivity contribution in [2.24, 2.45) is 0 Å². The first kappa shape index (κ1) is 12.8. The number of anilines is 1. The van der Waals surface area contributed by atoms with Crippen molar-refractivity contribution in [1.82, 2.24) is 9.78 Å². The van der Waals surface area contributed by atoms with E-state index in [1.807, 2.05) is 41.9 Å². The molecule has 5 heteroatoms. The van der Waals surface area contributed by atoms with Crippen LogP contribution in [0.15, 0.2) is 48.5 Å². The number of benzene rings is 2. The van der Waals surface area contributed by atoms with Gasteiger partial charge >= 0.3 is 0 Å². The zero-order chi connectivity index (χ0) is 15.3. The normalized spacial score (nSPS) is 15.8. The van der Waals surface area contributed by atoms with Gasteiger partial charge in [0, 0.05) is 22.9 Å². The van der Waals surface area contributed by atoms with Crippen LogP contribution >= 0.6 is 0 Å². The van der Waals surface area contributed by atoms with Crippen molar-refractivity contribution < 1.29 is 10.2 Å². The fraction of sp³-hybridized carbons (Fsp3) is 0.118. The number of aryl methyl sites for hydroxylation is 1. The maximum Gasteiger partial charge on any atom is 0.150 e. The monoisotopic (exact) mass is 293 g/mol. The number of phenols is 2. The average molecular weight is 293 g/mol. The van der Waals surface area contributed by atoms with Gasteiger partial charge in [-0.05, 0) is 31.2 Å². The van der Waals surface area contributed by atoms with E-state index in [-0.39, 0.29) is 17.7 Å². The Morgan fingerprint density at radius 1 is 1.09 bits per heavy atom. The zero-order valence-electron chi connectivity index (χ0n) is 12.0. The van der Waals surface area contributed by atoms with E-state index in [1.165, 1.54) is 6.07 Å². The number of nitrogens with zero attached hydrogens (tertiary/aromatic N) is 2. The highest BCUT2D eigenvalue weighted by Crippen LogP contribution is 2.40. The van der Waals surface area contributed by atoms with Crippen molar-refractivity contribution >= 4 is 5.69 Å². The molecule has 0 spiro atoms. The Labute approximate surface area is 127 Å². The van der Waals surface area contributed by atoms with Gasteiger partial charge in [-0.15, -0.1) is 0 Å². The summed E-state index contributed by atoms with van der Waals surface area (Å²) in [6.45, 7) is 1.95. The number of nitrogens with one attached hydrogen (secondary N) is 1. The molecule has 3 N–H and O–H groups in total. The summed E-state index contributed by atoms with van der Waals surface area (Å²) in [4.78, 5) is 0. The van der Waals surface area contributed by atoms with Crippen molar-refractivity contribution in [1.29, 1.82) is 0 Å². The van der Waals surface area contributed by atoms with Gasteiger partial charge < -0.3 is 15.5 Å². The summed E-state index contributed by atoms with van der Waals surface area (Å²) in [5.74, 6) is 0.0744. The number of aromatic hydroxyl groups is 2. The van der Waals surface area contributed by atoms with Crippen LogP contribution in [0.2, 0.25) is 0 Å². The first-order valence-electron chi connectivity index (χ1n) is 7.07. The third-order valence-electron chi connectivity index (χ3n) is 3.91. The second-order valence-corrected chi connectivity index (χ2v) is 5.45. The number of para-hydroxylation sites is 1. The Morgan fingerprint density at radius 3 is 2.73 bits per heavy atom. The number of rotatable bonds is 1. The minimum absolute atomic E-state index is 0.0364. The molecule has 110 valence electrons.